The minimum absolute atomic E-state index is 0.108. The molecule has 0 N–H and O–H groups in total. The average Bonchev–Trinajstić information content (AvgIpc) is 2.65. The molecular formula is C25H44NO2+. The van der Waals surface area contributed by atoms with Crippen LogP contribution in [0.25, 0.3) is 0 Å². The number of benzene rings is 1. The fourth-order valence-corrected chi connectivity index (χ4v) is 3.67. The molecular weight excluding hydrogens is 346 g/mol. The van der Waals surface area contributed by atoms with Gasteiger partial charge < -0.3 is 9.22 Å². The third-order valence-electron chi connectivity index (χ3n) is 5.50. The second-order valence-corrected chi connectivity index (χ2v) is 9.04. The highest BCUT2D eigenvalue weighted by molar-refractivity contribution is 5.77. The number of nitrogens with zero attached hydrogens (tertiary/aromatic N) is 1. The summed E-state index contributed by atoms with van der Waals surface area (Å²) in [6.07, 6.45) is 16.9. The first-order valence-electron chi connectivity index (χ1n) is 11.5. The average molecular weight is 391 g/mol. The first-order chi connectivity index (χ1) is 13.4. The number of para-hydroxylation sites is 1. The lowest BCUT2D eigenvalue weighted by Crippen LogP contribution is -2.51. The highest BCUT2D eigenvalue weighted by atomic mass is 16.5. The van der Waals surface area contributed by atoms with Crippen LogP contribution >= 0.6 is 0 Å². The number of esters is 1. The van der Waals surface area contributed by atoms with Gasteiger partial charge in [-0.3, -0.25) is 0 Å². The second kappa shape index (κ2) is 14.6. The number of unbranched alkanes of at least 4 members (excludes halogenated alkanes) is 11. The molecule has 0 aliphatic heterocycles. The lowest BCUT2D eigenvalue weighted by molar-refractivity contribution is -0.887. The fraction of sp³-hybridized carbons (Fsp3) is 0.720. The topological polar surface area (TPSA) is 26.3 Å². The molecule has 3 heteroatoms. The van der Waals surface area contributed by atoms with Crippen molar-refractivity contribution in [2.24, 2.45) is 0 Å². The standard InChI is InChI=1S/C25H44NO2/c1-5-6-7-8-9-10-11-12-13-14-15-19-22-24(26(2,3)4)25(27)28-23-20-17-16-18-21-23/h16-18,20-21,24H,5-15,19,22H2,1-4H3/q+1/t24-/m1/s1. The van der Waals surface area contributed by atoms with Gasteiger partial charge in [-0.1, -0.05) is 95.8 Å². The number of quaternary nitrogens is 1. The normalized spacial score (nSPS) is 12.7. The summed E-state index contributed by atoms with van der Waals surface area (Å²) in [4.78, 5) is 12.7. The number of rotatable bonds is 16. The van der Waals surface area contributed by atoms with Crippen LogP contribution < -0.4 is 4.74 Å². The lowest BCUT2D eigenvalue weighted by Gasteiger charge is -2.32. The van der Waals surface area contributed by atoms with Gasteiger partial charge in [0.15, 0.2) is 6.04 Å². The molecule has 0 aromatic heterocycles. The Hall–Kier alpha value is -1.35. The monoisotopic (exact) mass is 390 g/mol. The Kier molecular flexibility index (Phi) is 12.9. The zero-order chi connectivity index (χ0) is 20.7. The Balaban J connectivity index is 2.16. The van der Waals surface area contributed by atoms with E-state index in [0.29, 0.717) is 10.2 Å². The Morgan fingerprint density at radius 3 is 1.71 bits per heavy atom. The number of hydrogen-bond donors (Lipinski definition) is 0. The summed E-state index contributed by atoms with van der Waals surface area (Å²) in [7, 11) is 6.24. The predicted octanol–water partition coefficient (Wildman–Crippen LogP) is 6.76. The lowest BCUT2D eigenvalue weighted by atomic mass is 10.0. The first kappa shape index (κ1) is 24.7. The van der Waals surface area contributed by atoms with Gasteiger partial charge >= 0.3 is 5.97 Å². The van der Waals surface area contributed by atoms with Gasteiger partial charge in [0.05, 0.1) is 21.1 Å². The molecule has 28 heavy (non-hydrogen) atoms. The van der Waals surface area contributed by atoms with Gasteiger partial charge in [-0.05, 0) is 18.6 Å². The van der Waals surface area contributed by atoms with Crippen molar-refractivity contribution in [3.8, 4) is 5.75 Å². The van der Waals surface area contributed by atoms with Crippen LogP contribution in [-0.4, -0.2) is 37.6 Å². The predicted molar refractivity (Wildman–Crippen MR) is 120 cm³/mol. The van der Waals surface area contributed by atoms with Gasteiger partial charge in [0.1, 0.15) is 5.75 Å². The molecule has 0 unspecified atom stereocenters. The Bertz CT molecular complexity index is 507. The molecule has 1 atom stereocenters. The second-order valence-electron chi connectivity index (χ2n) is 9.04. The van der Waals surface area contributed by atoms with Crippen LogP contribution in [0.15, 0.2) is 30.3 Å². The van der Waals surface area contributed by atoms with Crippen molar-refractivity contribution in [3.63, 3.8) is 0 Å². The van der Waals surface area contributed by atoms with Crippen LogP contribution in [0.2, 0.25) is 0 Å². The van der Waals surface area contributed by atoms with E-state index in [1.165, 1.54) is 70.6 Å². The van der Waals surface area contributed by atoms with Gasteiger partial charge in [-0.15, -0.1) is 0 Å². The third kappa shape index (κ3) is 11.5. The van der Waals surface area contributed by atoms with Crippen LogP contribution in [0, 0.1) is 0 Å². The molecule has 0 fully saturated rings. The van der Waals surface area contributed by atoms with Crippen molar-refractivity contribution in [2.75, 3.05) is 21.1 Å². The quantitative estimate of drug-likeness (QED) is 0.135. The molecule has 0 amide bonds. The van der Waals surface area contributed by atoms with E-state index in [2.05, 4.69) is 28.1 Å². The third-order valence-corrected chi connectivity index (χ3v) is 5.50. The smallest absolute Gasteiger partial charge is 0.370 e. The van der Waals surface area contributed by atoms with E-state index in [0.717, 1.165) is 12.8 Å². The van der Waals surface area contributed by atoms with Crippen LogP contribution in [0.3, 0.4) is 0 Å². The van der Waals surface area contributed by atoms with Gasteiger partial charge in [0, 0.05) is 6.42 Å². The van der Waals surface area contributed by atoms with Gasteiger partial charge in [0.25, 0.3) is 0 Å². The molecule has 0 spiro atoms. The van der Waals surface area contributed by atoms with E-state index < -0.39 is 0 Å². The number of ether oxygens (including phenoxy) is 1. The maximum atomic E-state index is 12.7. The van der Waals surface area contributed by atoms with Crippen LogP contribution in [0.1, 0.15) is 90.4 Å². The minimum atomic E-state index is -0.109. The molecule has 160 valence electrons. The van der Waals surface area contributed by atoms with E-state index in [1.807, 2.05) is 30.3 Å². The molecule has 1 aromatic rings. The Labute approximate surface area is 174 Å². The molecule has 0 heterocycles. The van der Waals surface area contributed by atoms with E-state index in [9.17, 15) is 4.79 Å². The van der Waals surface area contributed by atoms with E-state index in [1.54, 1.807) is 0 Å². The largest absolute Gasteiger partial charge is 0.422 e. The summed E-state index contributed by atoms with van der Waals surface area (Å²) < 4.78 is 6.22. The molecule has 0 aliphatic carbocycles. The molecule has 0 aliphatic rings. The summed E-state index contributed by atoms with van der Waals surface area (Å²) in [5.41, 5.74) is 0. The van der Waals surface area contributed by atoms with Crippen molar-refractivity contribution in [1.82, 2.24) is 0 Å². The zero-order valence-corrected chi connectivity index (χ0v) is 18.9. The molecule has 0 radical (unpaired) electrons. The number of carbonyl (C=O) groups is 1. The molecule has 0 bridgehead atoms. The maximum absolute atomic E-state index is 12.7. The van der Waals surface area contributed by atoms with Crippen molar-refractivity contribution in [2.45, 2.75) is 96.4 Å². The molecule has 3 nitrogen and oxygen atoms in total. The molecule has 1 rings (SSSR count). The summed E-state index contributed by atoms with van der Waals surface area (Å²) in [6.45, 7) is 2.27. The summed E-state index contributed by atoms with van der Waals surface area (Å²) >= 11 is 0. The number of carbonyl (C=O) groups excluding carboxylic acids is 1. The first-order valence-corrected chi connectivity index (χ1v) is 11.5. The van der Waals surface area contributed by atoms with E-state index >= 15 is 0 Å². The van der Waals surface area contributed by atoms with Crippen molar-refractivity contribution in [1.29, 1.82) is 0 Å². The minimum Gasteiger partial charge on any atom is -0.422 e. The molecule has 0 saturated heterocycles. The van der Waals surface area contributed by atoms with Gasteiger partial charge in [-0.2, -0.15) is 0 Å². The zero-order valence-electron chi connectivity index (χ0n) is 18.9. The maximum Gasteiger partial charge on any atom is 0.370 e. The van der Waals surface area contributed by atoms with Crippen molar-refractivity contribution in [3.05, 3.63) is 30.3 Å². The van der Waals surface area contributed by atoms with Crippen molar-refractivity contribution >= 4 is 5.97 Å². The van der Waals surface area contributed by atoms with Gasteiger partial charge in [-0.25, -0.2) is 4.79 Å². The highest BCUT2D eigenvalue weighted by Crippen LogP contribution is 2.18. The van der Waals surface area contributed by atoms with E-state index in [4.69, 9.17) is 4.74 Å². The molecule has 1 aromatic carbocycles. The summed E-state index contributed by atoms with van der Waals surface area (Å²) in [5, 5.41) is 0. The number of hydrogen-bond acceptors (Lipinski definition) is 2. The van der Waals surface area contributed by atoms with Gasteiger partial charge in [0.2, 0.25) is 0 Å². The summed E-state index contributed by atoms with van der Waals surface area (Å²) in [5.74, 6) is 0.530. The van der Waals surface area contributed by atoms with Crippen LogP contribution in [0.5, 0.6) is 5.75 Å². The summed E-state index contributed by atoms with van der Waals surface area (Å²) in [6, 6.07) is 9.30. The van der Waals surface area contributed by atoms with Crippen LogP contribution in [-0.2, 0) is 4.79 Å². The Morgan fingerprint density at radius 2 is 1.25 bits per heavy atom. The van der Waals surface area contributed by atoms with Crippen LogP contribution in [0.4, 0.5) is 0 Å². The van der Waals surface area contributed by atoms with Crippen molar-refractivity contribution < 1.29 is 14.0 Å². The molecule has 0 saturated carbocycles. The fourth-order valence-electron chi connectivity index (χ4n) is 3.67. The number of likely N-dealkylation sites (N-methyl/N-ethyl adjacent to an activating group) is 1. The van der Waals surface area contributed by atoms with E-state index in [-0.39, 0.29) is 12.0 Å². The Morgan fingerprint density at radius 1 is 0.786 bits per heavy atom. The SMILES string of the molecule is CCCCCCCCCCCCCC[C@H](C(=O)Oc1ccccc1)[N+](C)(C)C. The highest BCUT2D eigenvalue weighted by Gasteiger charge is 2.32.